The van der Waals surface area contributed by atoms with Crippen molar-refractivity contribution >= 4 is 17.2 Å². The van der Waals surface area contributed by atoms with Crippen molar-refractivity contribution in [2.45, 2.75) is 57.5 Å². The van der Waals surface area contributed by atoms with Crippen molar-refractivity contribution in [1.29, 1.82) is 0 Å². The topological polar surface area (TPSA) is 49.3 Å². The minimum absolute atomic E-state index is 0.0635. The number of carbonyl (C=O) groups is 1. The molecule has 1 heterocycles. The Bertz CT molecular complexity index is 422. The van der Waals surface area contributed by atoms with E-state index in [0.29, 0.717) is 13.0 Å². The number of thiophene rings is 1. The summed E-state index contributed by atoms with van der Waals surface area (Å²) in [6, 6.07) is 4.26. The summed E-state index contributed by atoms with van der Waals surface area (Å²) in [5, 5.41) is 13.0. The Morgan fingerprint density at radius 1 is 1.42 bits per heavy atom. The summed E-state index contributed by atoms with van der Waals surface area (Å²) in [5.41, 5.74) is -0.638. The van der Waals surface area contributed by atoms with Crippen LogP contribution < -0.4 is 5.32 Å². The molecule has 0 saturated heterocycles. The fourth-order valence-electron chi connectivity index (χ4n) is 2.60. The molecule has 0 bridgehead atoms. The molecular formula is C15H23NO2S. The molecule has 1 aliphatic carbocycles. The number of hydrogen-bond donors (Lipinski definition) is 2. The average Bonchev–Trinajstić information content (AvgIpc) is 2.97. The summed E-state index contributed by atoms with van der Waals surface area (Å²) >= 11 is 1.80. The monoisotopic (exact) mass is 281 g/mol. The van der Waals surface area contributed by atoms with E-state index in [9.17, 15) is 9.90 Å². The Hall–Kier alpha value is -0.870. The van der Waals surface area contributed by atoms with Crippen LogP contribution in [-0.2, 0) is 11.2 Å². The predicted molar refractivity (Wildman–Crippen MR) is 78.4 cm³/mol. The molecule has 2 rings (SSSR count). The molecule has 2 N–H and O–H groups in total. The van der Waals surface area contributed by atoms with Crippen LogP contribution in [0.15, 0.2) is 12.1 Å². The van der Waals surface area contributed by atoms with E-state index >= 15 is 0 Å². The number of aryl methyl sites for hydroxylation is 2. The highest BCUT2D eigenvalue weighted by Gasteiger charge is 2.31. The standard InChI is InChI=1S/C15H23NO2S/c1-12-7-8-13(19-12)5-4-6-14(17)16-11-15(18)9-2-3-10-15/h7-8,18H,2-6,9-11H2,1H3,(H,16,17). The summed E-state index contributed by atoms with van der Waals surface area (Å²) in [4.78, 5) is 14.4. The van der Waals surface area contributed by atoms with Crippen LogP contribution in [0.1, 0.15) is 48.3 Å². The summed E-state index contributed by atoms with van der Waals surface area (Å²) in [6.45, 7) is 2.52. The molecule has 0 radical (unpaired) electrons. The lowest BCUT2D eigenvalue weighted by atomic mass is 10.0. The number of carbonyl (C=O) groups excluding carboxylic acids is 1. The van der Waals surface area contributed by atoms with Crippen LogP contribution in [0.4, 0.5) is 0 Å². The number of aliphatic hydroxyl groups is 1. The maximum absolute atomic E-state index is 11.7. The van der Waals surface area contributed by atoms with Crippen LogP contribution in [0.5, 0.6) is 0 Å². The average molecular weight is 281 g/mol. The molecule has 106 valence electrons. The smallest absolute Gasteiger partial charge is 0.220 e. The molecule has 0 atom stereocenters. The zero-order valence-corrected chi connectivity index (χ0v) is 12.4. The minimum atomic E-state index is -0.638. The predicted octanol–water partition coefficient (Wildman–Crippen LogP) is 2.80. The Balaban J connectivity index is 1.62. The summed E-state index contributed by atoms with van der Waals surface area (Å²) in [6.07, 6.45) is 6.19. The van der Waals surface area contributed by atoms with Crippen molar-refractivity contribution in [3.63, 3.8) is 0 Å². The van der Waals surface area contributed by atoms with Gasteiger partial charge in [0, 0.05) is 22.7 Å². The normalized spacial score (nSPS) is 17.6. The van der Waals surface area contributed by atoms with Crippen molar-refractivity contribution in [2.24, 2.45) is 0 Å². The van der Waals surface area contributed by atoms with Crippen molar-refractivity contribution in [3.05, 3.63) is 21.9 Å². The second-order valence-electron chi connectivity index (χ2n) is 5.57. The second kappa shape index (κ2) is 6.53. The highest BCUT2D eigenvalue weighted by Crippen LogP contribution is 2.28. The van der Waals surface area contributed by atoms with Crippen molar-refractivity contribution < 1.29 is 9.90 Å². The van der Waals surface area contributed by atoms with Gasteiger partial charge in [-0.3, -0.25) is 4.79 Å². The van der Waals surface area contributed by atoms with Gasteiger partial charge in [0.05, 0.1) is 5.60 Å². The maximum Gasteiger partial charge on any atom is 0.220 e. The highest BCUT2D eigenvalue weighted by atomic mass is 32.1. The largest absolute Gasteiger partial charge is 0.388 e. The first-order valence-electron chi connectivity index (χ1n) is 7.12. The first-order valence-corrected chi connectivity index (χ1v) is 7.93. The van der Waals surface area contributed by atoms with Gasteiger partial charge in [-0.05, 0) is 44.7 Å². The summed E-state index contributed by atoms with van der Waals surface area (Å²) in [7, 11) is 0. The van der Waals surface area contributed by atoms with E-state index in [2.05, 4.69) is 24.4 Å². The Kier molecular flexibility index (Phi) is 4.99. The first kappa shape index (κ1) is 14.5. The van der Waals surface area contributed by atoms with Gasteiger partial charge in [-0.15, -0.1) is 11.3 Å². The first-order chi connectivity index (χ1) is 9.07. The lowest BCUT2D eigenvalue weighted by Gasteiger charge is -2.22. The van der Waals surface area contributed by atoms with Gasteiger partial charge >= 0.3 is 0 Å². The molecule has 1 fully saturated rings. The molecule has 19 heavy (non-hydrogen) atoms. The number of nitrogens with one attached hydrogen (secondary N) is 1. The summed E-state index contributed by atoms with van der Waals surface area (Å²) in [5.74, 6) is 0.0635. The van der Waals surface area contributed by atoms with E-state index in [1.165, 1.54) is 9.75 Å². The van der Waals surface area contributed by atoms with Crippen LogP contribution in [0, 0.1) is 6.92 Å². The van der Waals surface area contributed by atoms with Crippen LogP contribution >= 0.6 is 11.3 Å². The lowest BCUT2D eigenvalue weighted by molar-refractivity contribution is -0.122. The summed E-state index contributed by atoms with van der Waals surface area (Å²) < 4.78 is 0. The third kappa shape index (κ3) is 4.62. The van der Waals surface area contributed by atoms with Crippen molar-refractivity contribution in [1.82, 2.24) is 5.32 Å². The zero-order chi connectivity index (χ0) is 13.7. The third-order valence-electron chi connectivity index (χ3n) is 3.77. The van der Waals surface area contributed by atoms with Gasteiger partial charge in [-0.1, -0.05) is 12.8 Å². The molecular weight excluding hydrogens is 258 g/mol. The van der Waals surface area contributed by atoms with Crippen LogP contribution in [-0.4, -0.2) is 23.2 Å². The Morgan fingerprint density at radius 3 is 2.79 bits per heavy atom. The van der Waals surface area contributed by atoms with Gasteiger partial charge in [0.15, 0.2) is 0 Å². The van der Waals surface area contributed by atoms with Gasteiger partial charge in [-0.25, -0.2) is 0 Å². The van der Waals surface area contributed by atoms with Gasteiger partial charge in [0.1, 0.15) is 0 Å². The second-order valence-corrected chi connectivity index (χ2v) is 6.95. The zero-order valence-electron chi connectivity index (χ0n) is 11.6. The fourth-order valence-corrected chi connectivity index (χ4v) is 3.54. The molecule has 0 aromatic carbocycles. The Morgan fingerprint density at radius 2 is 2.16 bits per heavy atom. The van der Waals surface area contributed by atoms with E-state index in [1.807, 2.05) is 0 Å². The van der Waals surface area contributed by atoms with E-state index in [0.717, 1.165) is 38.5 Å². The Labute approximate surface area is 119 Å². The van der Waals surface area contributed by atoms with Gasteiger partial charge in [0.25, 0.3) is 0 Å². The maximum atomic E-state index is 11.7. The van der Waals surface area contributed by atoms with E-state index in [1.54, 1.807) is 11.3 Å². The molecule has 0 aliphatic heterocycles. The molecule has 1 amide bonds. The molecule has 1 aliphatic rings. The van der Waals surface area contributed by atoms with Gasteiger partial charge in [0.2, 0.25) is 5.91 Å². The van der Waals surface area contributed by atoms with Gasteiger partial charge < -0.3 is 10.4 Å². The molecule has 3 nitrogen and oxygen atoms in total. The third-order valence-corrected chi connectivity index (χ3v) is 4.83. The SMILES string of the molecule is Cc1ccc(CCCC(=O)NCC2(O)CCCC2)s1. The molecule has 1 saturated carbocycles. The van der Waals surface area contributed by atoms with E-state index in [4.69, 9.17) is 0 Å². The van der Waals surface area contributed by atoms with Crippen LogP contribution in [0.25, 0.3) is 0 Å². The highest BCUT2D eigenvalue weighted by molar-refractivity contribution is 7.11. The number of rotatable bonds is 6. The van der Waals surface area contributed by atoms with E-state index < -0.39 is 5.60 Å². The minimum Gasteiger partial charge on any atom is -0.388 e. The number of hydrogen-bond acceptors (Lipinski definition) is 3. The van der Waals surface area contributed by atoms with Crippen molar-refractivity contribution in [3.8, 4) is 0 Å². The molecule has 1 aromatic rings. The van der Waals surface area contributed by atoms with Crippen LogP contribution in [0.2, 0.25) is 0 Å². The number of amides is 1. The van der Waals surface area contributed by atoms with E-state index in [-0.39, 0.29) is 5.91 Å². The molecule has 0 spiro atoms. The van der Waals surface area contributed by atoms with Crippen molar-refractivity contribution in [2.75, 3.05) is 6.54 Å². The molecule has 0 unspecified atom stereocenters. The molecule has 1 aromatic heterocycles. The quantitative estimate of drug-likeness (QED) is 0.842. The fraction of sp³-hybridized carbons (Fsp3) is 0.667. The van der Waals surface area contributed by atoms with Gasteiger partial charge in [-0.2, -0.15) is 0 Å². The lowest BCUT2D eigenvalue weighted by Crippen LogP contribution is -2.40. The molecule has 4 heteroatoms. The van der Waals surface area contributed by atoms with Crippen LogP contribution in [0.3, 0.4) is 0 Å².